The molecule has 1 aliphatic rings. The normalized spacial score (nSPS) is 13.0. The summed E-state index contributed by atoms with van der Waals surface area (Å²) in [5.74, 6) is 0. The van der Waals surface area contributed by atoms with Crippen LogP contribution in [-0.4, -0.2) is 0 Å². The molecule has 1 heteroatoms. The van der Waals surface area contributed by atoms with Crippen LogP contribution in [-0.2, 0) is 0 Å². The molecule has 0 bridgehead atoms. The van der Waals surface area contributed by atoms with Gasteiger partial charge in [-0.25, -0.2) is 0 Å². The fraction of sp³-hybridized carbons (Fsp3) is 0. The standard InChI is InChI=1S/C22H15Cl/c23-19-14-12-18(13-15-19)22(17-7-1-2-8-17)21-11-5-9-16-6-3-4-10-20(16)21/h1-15H. The second-order valence-corrected chi connectivity index (χ2v) is 6.02. The Kier molecular flexibility index (Phi) is 3.61. The Balaban J connectivity index is 2.03. The monoisotopic (exact) mass is 314 g/mol. The van der Waals surface area contributed by atoms with Crippen LogP contribution in [0.2, 0.25) is 5.02 Å². The number of fused-ring (bicyclic) bond motifs is 1. The number of hydrogen-bond acceptors (Lipinski definition) is 0. The minimum absolute atomic E-state index is 0.758. The van der Waals surface area contributed by atoms with Gasteiger partial charge < -0.3 is 0 Å². The van der Waals surface area contributed by atoms with E-state index in [4.69, 9.17) is 11.6 Å². The zero-order valence-corrected chi connectivity index (χ0v) is 13.3. The van der Waals surface area contributed by atoms with Gasteiger partial charge in [0.05, 0.1) is 0 Å². The average Bonchev–Trinajstić information content (AvgIpc) is 3.11. The van der Waals surface area contributed by atoms with Crippen LogP contribution in [0.15, 0.2) is 96.6 Å². The van der Waals surface area contributed by atoms with E-state index in [0.29, 0.717) is 0 Å². The first-order valence-corrected chi connectivity index (χ1v) is 8.04. The predicted molar refractivity (Wildman–Crippen MR) is 99.7 cm³/mol. The molecule has 3 aromatic carbocycles. The molecule has 0 atom stereocenters. The minimum atomic E-state index is 0.758. The van der Waals surface area contributed by atoms with Crippen molar-refractivity contribution < 1.29 is 0 Å². The summed E-state index contributed by atoms with van der Waals surface area (Å²) in [7, 11) is 0. The lowest BCUT2D eigenvalue weighted by atomic mass is 9.90. The lowest BCUT2D eigenvalue weighted by Crippen LogP contribution is -1.93. The molecule has 0 fully saturated rings. The Bertz CT molecular complexity index is 937. The van der Waals surface area contributed by atoms with Crippen molar-refractivity contribution in [1.29, 1.82) is 0 Å². The first kappa shape index (κ1) is 14.0. The molecular formula is C22H15Cl. The van der Waals surface area contributed by atoms with Crippen molar-refractivity contribution in [2.45, 2.75) is 0 Å². The highest BCUT2D eigenvalue weighted by Gasteiger charge is 2.13. The van der Waals surface area contributed by atoms with Crippen LogP contribution in [0.4, 0.5) is 0 Å². The smallest absolute Gasteiger partial charge is 0.0406 e. The molecule has 0 unspecified atom stereocenters. The van der Waals surface area contributed by atoms with E-state index in [-0.39, 0.29) is 0 Å². The van der Waals surface area contributed by atoms with Gasteiger partial charge in [-0.05, 0) is 45.2 Å². The highest BCUT2D eigenvalue weighted by molar-refractivity contribution is 6.30. The molecule has 110 valence electrons. The van der Waals surface area contributed by atoms with Crippen LogP contribution < -0.4 is 0 Å². The third-order valence-electron chi connectivity index (χ3n) is 4.14. The average molecular weight is 315 g/mol. The Morgan fingerprint density at radius 1 is 0.696 bits per heavy atom. The number of benzene rings is 3. The summed E-state index contributed by atoms with van der Waals surface area (Å²) in [5, 5.41) is 3.28. The van der Waals surface area contributed by atoms with Crippen molar-refractivity contribution in [3.63, 3.8) is 0 Å². The molecule has 1 aliphatic carbocycles. The maximum Gasteiger partial charge on any atom is 0.0406 e. The number of hydrogen-bond donors (Lipinski definition) is 0. The van der Waals surface area contributed by atoms with Crippen LogP contribution in [0.3, 0.4) is 0 Å². The van der Waals surface area contributed by atoms with E-state index < -0.39 is 0 Å². The molecule has 23 heavy (non-hydrogen) atoms. The summed E-state index contributed by atoms with van der Waals surface area (Å²) in [6, 6.07) is 23.1. The van der Waals surface area contributed by atoms with Gasteiger partial charge in [0.2, 0.25) is 0 Å². The van der Waals surface area contributed by atoms with Crippen molar-refractivity contribution in [3.8, 4) is 0 Å². The Morgan fingerprint density at radius 2 is 1.39 bits per heavy atom. The fourth-order valence-corrected chi connectivity index (χ4v) is 3.20. The van der Waals surface area contributed by atoms with Gasteiger partial charge in [0.1, 0.15) is 0 Å². The molecule has 0 spiro atoms. The summed E-state index contributed by atoms with van der Waals surface area (Å²) >= 11 is 6.07. The first-order chi connectivity index (χ1) is 11.3. The number of allylic oxidation sites excluding steroid dienone is 5. The van der Waals surface area contributed by atoms with E-state index in [1.807, 2.05) is 12.1 Å². The van der Waals surface area contributed by atoms with Crippen molar-refractivity contribution in [1.82, 2.24) is 0 Å². The maximum atomic E-state index is 6.07. The molecule has 4 rings (SSSR count). The molecule has 3 aromatic rings. The summed E-state index contributed by atoms with van der Waals surface area (Å²) in [5.41, 5.74) is 4.89. The molecule has 0 aliphatic heterocycles. The van der Waals surface area contributed by atoms with E-state index in [9.17, 15) is 0 Å². The van der Waals surface area contributed by atoms with Gasteiger partial charge in [0.25, 0.3) is 0 Å². The Hall–Kier alpha value is -2.57. The topological polar surface area (TPSA) is 0 Å². The molecule has 0 radical (unpaired) electrons. The van der Waals surface area contributed by atoms with Crippen molar-refractivity contribution >= 4 is 27.9 Å². The summed E-state index contributed by atoms with van der Waals surface area (Å²) < 4.78 is 0. The SMILES string of the molecule is Clc1ccc(C(=C2C=CC=C2)c2cccc3ccccc23)cc1. The largest absolute Gasteiger partial charge is 0.0843 e. The van der Waals surface area contributed by atoms with Gasteiger partial charge in [-0.15, -0.1) is 0 Å². The highest BCUT2D eigenvalue weighted by Crippen LogP contribution is 2.34. The molecule has 0 amide bonds. The maximum absolute atomic E-state index is 6.07. The van der Waals surface area contributed by atoms with E-state index in [0.717, 1.165) is 5.02 Å². The second kappa shape index (κ2) is 5.91. The molecule has 0 saturated heterocycles. The Morgan fingerprint density at radius 3 is 2.17 bits per heavy atom. The zero-order valence-electron chi connectivity index (χ0n) is 12.5. The molecule has 0 nitrogen and oxygen atoms in total. The summed E-state index contributed by atoms with van der Waals surface area (Å²) in [6.07, 6.45) is 8.48. The van der Waals surface area contributed by atoms with Crippen LogP contribution in [0.5, 0.6) is 0 Å². The van der Waals surface area contributed by atoms with Crippen LogP contribution >= 0.6 is 11.6 Å². The third-order valence-corrected chi connectivity index (χ3v) is 4.40. The van der Waals surface area contributed by atoms with Gasteiger partial charge in [-0.3, -0.25) is 0 Å². The van der Waals surface area contributed by atoms with Crippen molar-refractivity contribution in [2.75, 3.05) is 0 Å². The Labute approximate surface area is 141 Å². The first-order valence-electron chi connectivity index (χ1n) is 7.66. The van der Waals surface area contributed by atoms with Gasteiger partial charge in [-0.2, -0.15) is 0 Å². The second-order valence-electron chi connectivity index (χ2n) is 5.58. The summed E-state index contributed by atoms with van der Waals surface area (Å²) in [6.45, 7) is 0. The third kappa shape index (κ3) is 2.62. The summed E-state index contributed by atoms with van der Waals surface area (Å²) in [4.78, 5) is 0. The molecule has 0 heterocycles. The lowest BCUT2D eigenvalue weighted by molar-refractivity contribution is 1.55. The molecule has 0 saturated carbocycles. The zero-order chi connectivity index (χ0) is 15.6. The van der Waals surface area contributed by atoms with E-state index in [1.54, 1.807) is 0 Å². The number of halogens is 1. The quantitative estimate of drug-likeness (QED) is 0.512. The van der Waals surface area contributed by atoms with Gasteiger partial charge in [0.15, 0.2) is 0 Å². The highest BCUT2D eigenvalue weighted by atomic mass is 35.5. The van der Waals surface area contributed by atoms with Crippen molar-refractivity contribution in [2.24, 2.45) is 0 Å². The van der Waals surface area contributed by atoms with Gasteiger partial charge in [-0.1, -0.05) is 90.5 Å². The van der Waals surface area contributed by atoms with Gasteiger partial charge >= 0.3 is 0 Å². The van der Waals surface area contributed by atoms with E-state index in [1.165, 1.54) is 33.0 Å². The molecular weight excluding hydrogens is 300 g/mol. The van der Waals surface area contributed by atoms with Crippen LogP contribution in [0.1, 0.15) is 11.1 Å². The minimum Gasteiger partial charge on any atom is -0.0843 e. The van der Waals surface area contributed by atoms with Crippen molar-refractivity contribution in [3.05, 3.63) is 113 Å². The predicted octanol–water partition coefficient (Wildman–Crippen LogP) is 6.42. The van der Waals surface area contributed by atoms with Gasteiger partial charge in [0, 0.05) is 5.02 Å². The van der Waals surface area contributed by atoms with E-state index >= 15 is 0 Å². The lowest BCUT2D eigenvalue weighted by Gasteiger charge is -2.14. The van der Waals surface area contributed by atoms with Crippen LogP contribution in [0.25, 0.3) is 16.3 Å². The van der Waals surface area contributed by atoms with Crippen LogP contribution in [0, 0.1) is 0 Å². The number of rotatable bonds is 2. The molecule has 0 aromatic heterocycles. The fourth-order valence-electron chi connectivity index (χ4n) is 3.08. The molecule has 0 N–H and O–H groups in total. The van der Waals surface area contributed by atoms with E-state index in [2.05, 4.69) is 78.9 Å².